The largest absolute Gasteiger partial charge is 0.468 e. The van der Waals surface area contributed by atoms with Crippen LogP contribution in [0.1, 0.15) is 19.6 Å². The number of sulfonamides is 1. The topological polar surface area (TPSA) is 75.7 Å². The first kappa shape index (κ1) is 21.6. The van der Waals surface area contributed by atoms with Crippen LogP contribution in [0.4, 0.5) is 0 Å². The van der Waals surface area contributed by atoms with Gasteiger partial charge in [-0.2, -0.15) is 4.31 Å². The van der Waals surface area contributed by atoms with Gasteiger partial charge in [-0.3, -0.25) is 0 Å². The molecule has 2 aromatic heterocycles. The Morgan fingerprint density at radius 3 is 2.13 bits per heavy atom. The summed E-state index contributed by atoms with van der Waals surface area (Å²) in [6, 6.07) is 19.6. The van der Waals surface area contributed by atoms with E-state index in [0.29, 0.717) is 12.3 Å². The Bertz CT molecular complexity index is 1210. The van der Waals surface area contributed by atoms with Crippen LogP contribution in [-0.4, -0.2) is 40.8 Å². The van der Waals surface area contributed by atoms with Crippen LogP contribution in [-0.2, 0) is 23.1 Å². The molecule has 0 spiro atoms. The lowest BCUT2D eigenvalue weighted by Gasteiger charge is -2.25. The lowest BCUT2D eigenvalue weighted by atomic mass is 10.2. The maximum absolute atomic E-state index is 13.0. The molecule has 31 heavy (non-hydrogen) atoms. The van der Waals surface area contributed by atoms with Crippen molar-refractivity contribution in [1.82, 2.24) is 8.87 Å². The minimum atomic E-state index is -3.55. The Labute approximate surface area is 182 Å². The molecule has 1 N–H and O–H groups in total. The Kier molecular flexibility index (Phi) is 6.18. The molecule has 6 nitrogen and oxygen atoms in total. The fourth-order valence-corrected chi connectivity index (χ4v) is 5.86. The quantitative estimate of drug-likeness (QED) is 0.422. The van der Waals surface area contributed by atoms with E-state index < -0.39 is 16.1 Å². The molecular weight excluding hydrogens is 412 g/mol. The van der Waals surface area contributed by atoms with Crippen molar-refractivity contribution in [3.8, 4) is 0 Å². The monoisotopic (exact) mass is 440 g/mol. The molecule has 2 heterocycles. The van der Waals surface area contributed by atoms with Gasteiger partial charge >= 0.3 is 0 Å². The predicted octanol–water partition coefficient (Wildman–Crippen LogP) is 4.24. The average molecular weight is 441 g/mol. The number of aliphatic hydroxyl groups is 1. The highest BCUT2D eigenvalue weighted by atomic mass is 32.2. The molecule has 0 radical (unpaired) electrons. The van der Waals surface area contributed by atoms with Gasteiger partial charge in [-0.1, -0.05) is 50.2 Å². The Balaban J connectivity index is 1.63. The highest BCUT2D eigenvalue weighted by Gasteiger charge is 2.27. The van der Waals surface area contributed by atoms with E-state index in [1.54, 1.807) is 12.1 Å². The van der Waals surface area contributed by atoms with Crippen molar-refractivity contribution in [3.05, 3.63) is 72.7 Å². The summed E-state index contributed by atoms with van der Waals surface area (Å²) in [6.07, 6.45) is 0.646. The standard InChI is InChI=1S/C24H28N2O4S/c1-18(2)17-31(28,29)25(16-20-8-7-13-30-20)14-19(27)15-26-23-11-5-3-9-21(23)22-10-4-6-12-24(22)26/h3-13,18-19,27H,14-17H2,1-2H3. The fraction of sp³-hybridized carbons (Fsp3) is 0.333. The second-order valence-electron chi connectivity index (χ2n) is 8.34. The zero-order chi connectivity index (χ0) is 22.0. The molecule has 0 saturated heterocycles. The number of nitrogens with zero attached hydrogens (tertiary/aromatic N) is 2. The lowest BCUT2D eigenvalue weighted by molar-refractivity contribution is 0.126. The predicted molar refractivity (Wildman–Crippen MR) is 123 cm³/mol. The number of rotatable bonds is 9. The summed E-state index contributed by atoms with van der Waals surface area (Å²) in [4.78, 5) is 0. The van der Waals surface area contributed by atoms with Crippen molar-refractivity contribution in [3.63, 3.8) is 0 Å². The van der Waals surface area contributed by atoms with Crippen molar-refractivity contribution < 1.29 is 17.9 Å². The van der Waals surface area contributed by atoms with E-state index >= 15 is 0 Å². The van der Waals surface area contributed by atoms with Gasteiger partial charge in [0.05, 0.1) is 31.2 Å². The summed E-state index contributed by atoms with van der Waals surface area (Å²) in [7, 11) is -3.55. The third kappa shape index (κ3) is 4.69. The molecule has 1 atom stereocenters. The summed E-state index contributed by atoms with van der Waals surface area (Å²) < 4.78 is 34.8. The third-order valence-corrected chi connectivity index (χ3v) is 7.49. The number of benzene rings is 2. The van der Waals surface area contributed by atoms with Gasteiger partial charge < -0.3 is 14.1 Å². The van der Waals surface area contributed by atoms with Crippen LogP contribution in [0.25, 0.3) is 21.8 Å². The zero-order valence-corrected chi connectivity index (χ0v) is 18.6. The smallest absolute Gasteiger partial charge is 0.214 e. The molecule has 0 bridgehead atoms. The van der Waals surface area contributed by atoms with E-state index in [4.69, 9.17) is 4.42 Å². The lowest BCUT2D eigenvalue weighted by Crippen LogP contribution is -2.40. The molecule has 0 fully saturated rings. The summed E-state index contributed by atoms with van der Waals surface area (Å²) in [5.74, 6) is 0.561. The van der Waals surface area contributed by atoms with Gasteiger partial charge in [0, 0.05) is 28.4 Å². The average Bonchev–Trinajstić information content (AvgIpc) is 3.34. The molecule has 164 valence electrons. The summed E-state index contributed by atoms with van der Waals surface area (Å²) in [6.45, 7) is 4.14. The van der Waals surface area contributed by atoms with Gasteiger partial charge in [-0.15, -0.1) is 0 Å². The molecule has 0 saturated carbocycles. The van der Waals surface area contributed by atoms with E-state index in [1.807, 2.05) is 50.2 Å². The van der Waals surface area contributed by atoms with Crippen molar-refractivity contribution in [1.29, 1.82) is 0 Å². The number of hydrogen-bond acceptors (Lipinski definition) is 4. The molecule has 0 aliphatic rings. The fourth-order valence-electron chi connectivity index (χ4n) is 4.08. The van der Waals surface area contributed by atoms with Crippen LogP contribution in [0.3, 0.4) is 0 Å². The second kappa shape index (κ2) is 8.86. The van der Waals surface area contributed by atoms with Gasteiger partial charge in [-0.25, -0.2) is 8.42 Å². The van der Waals surface area contributed by atoms with Gasteiger partial charge in [0.1, 0.15) is 5.76 Å². The summed E-state index contributed by atoms with van der Waals surface area (Å²) >= 11 is 0. The van der Waals surface area contributed by atoms with Gasteiger partial charge in [-0.05, 0) is 30.2 Å². The highest BCUT2D eigenvalue weighted by molar-refractivity contribution is 7.89. The van der Waals surface area contributed by atoms with E-state index in [-0.39, 0.29) is 24.8 Å². The van der Waals surface area contributed by atoms with E-state index in [0.717, 1.165) is 21.8 Å². The maximum Gasteiger partial charge on any atom is 0.214 e. The molecule has 7 heteroatoms. The van der Waals surface area contributed by atoms with Crippen LogP contribution in [0.5, 0.6) is 0 Å². The molecule has 1 unspecified atom stereocenters. The Hall–Kier alpha value is -2.61. The zero-order valence-electron chi connectivity index (χ0n) is 17.8. The molecule has 0 amide bonds. The van der Waals surface area contributed by atoms with Gasteiger partial charge in [0.2, 0.25) is 10.0 Å². The molecule has 2 aromatic carbocycles. The molecular formula is C24H28N2O4S. The number of hydrogen-bond donors (Lipinski definition) is 1. The number of aliphatic hydroxyl groups excluding tert-OH is 1. The maximum atomic E-state index is 13.0. The summed E-state index contributed by atoms with van der Waals surface area (Å²) in [5, 5.41) is 13.2. The molecule has 0 aliphatic heterocycles. The normalized spacial score (nSPS) is 13.6. The number of aromatic nitrogens is 1. The number of furan rings is 1. The minimum absolute atomic E-state index is 0.00339. The first-order chi connectivity index (χ1) is 14.8. The van der Waals surface area contributed by atoms with Gasteiger partial charge in [0.25, 0.3) is 0 Å². The number of fused-ring (bicyclic) bond motifs is 3. The Morgan fingerprint density at radius 2 is 1.58 bits per heavy atom. The first-order valence-electron chi connectivity index (χ1n) is 10.5. The van der Waals surface area contributed by atoms with Crippen molar-refractivity contribution in [2.24, 2.45) is 5.92 Å². The van der Waals surface area contributed by atoms with E-state index in [9.17, 15) is 13.5 Å². The Morgan fingerprint density at radius 1 is 0.968 bits per heavy atom. The number of para-hydroxylation sites is 2. The highest BCUT2D eigenvalue weighted by Crippen LogP contribution is 2.29. The second-order valence-corrected chi connectivity index (χ2v) is 10.4. The van der Waals surface area contributed by atoms with Crippen molar-refractivity contribution in [2.75, 3.05) is 12.3 Å². The van der Waals surface area contributed by atoms with Crippen LogP contribution >= 0.6 is 0 Å². The van der Waals surface area contributed by atoms with E-state index in [1.165, 1.54) is 10.6 Å². The van der Waals surface area contributed by atoms with Crippen molar-refractivity contribution >= 4 is 31.8 Å². The molecule has 4 rings (SSSR count). The van der Waals surface area contributed by atoms with Crippen LogP contribution in [0.2, 0.25) is 0 Å². The minimum Gasteiger partial charge on any atom is -0.468 e. The van der Waals surface area contributed by atoms with Crippen LogP contribution in [0, 0.1) is 5.92 Å². The van der Waals surface area contributed by atoms with Crippen LogP contribution in [0.15, 0.2) is 71.3 Å². The molecule has 4 aromatic rings. The van der Waals surface area contributed by atoms with Gasteiger partial charge in [0.15, 0.2) is 0 Å². The summed E-state index contributed by atoms with van der Waals surface area (Å²) in [5.41, 5.74) is 2.04. The van der Waals surface area contributed by atoms with Crippen LogP contribution < -0.4 is 0 Å². The van der Waals surface area contributed by atoms with E-state index in [2.05, 4.69) is 16.7 Å². The SMILES string of the molecule is CC(C)CS(=O)(=O)N(Cc1ccco1)CC(O)Cn1c2ccccc2c2ccccc21. The van der Waals surface area contributed by atoms with Crippen molar-refractivity contribution in [2.45, 2.75) is 33.0 Å². The molecule has 0 aliphatic carbocycles. The first-order valence-corrected chi connectivity index (χ1v) is 12.1. The third-order valence-electron chi connectivity index (χ3n) is 5.34.